The van der Waals surface area contributed by atoms with Crippen molar-refractivity contribution in [3.63, 3.8) is 0 Å². The average molecular weight is 669 g/mol. The molecule has 2 amide bonds. The lowest BCUT2D eigenvalue weighted by Crippen LogP contribution is -2.59. The van der Waals surface area contributed by atoms with Gasteiger partial charge in [0.15, 0.2) is 11.5 Å². The van der Waals surface area contributed by atoms with E-state index in [9.17, 15) is 24.9 Å². The van der Waals surface area contributed by atoms with Crippen molar-refractivity contribution in [3.8, 4) is 11.5 Å². The van der Waals surface area contributed by atoms with Gasteiger partial charge in [0.1, 0.15) is 12.2 Å². The van der Waals surface area contributed by atoms with E-state index in [2.05, 4.69) is 26.1 Å². The van der Waals surface area contributed by atoms with Gasteiger partial charge in [-0.2, -0.15) is 0 Å². The van der Waals surface area contributed by atoms with E-state index < -0.39 is 24.2 Å². The number of nitrogens with zero attached hydrogens (tertiary/aromatic N) is 1. The molecule has 5 aliphatic rings. The summed E-state index contributed by atoms with van der Waals surface area (Å²) >= 11 is 0. The lowest BCUT2D eigenvalue weighted by Gasteiger charge is -2.61. The SMILES string of the molecule is CCCCCCCCCCCC(=O)N(C[C@@H]1CC[C@H]2C[C@@H]1C2(C)C)[C@@H]1C=C(C(=O)NCCO)[C@@H]2c3cc(CO)cc(OC)c3O[C@@H]2[C@H]1O. The van der Waals surface area contributed by atoms with Crippen LogP contribution in [0, 0.1) is 23.2 Å². The van der Waals surface area contributed by atoms with Crippen LogP contribution in [-0.4, -0.2) is 77.1 Å². The van der Waals surface area contributed by atoms with E-state index in [0.29, 0.717) is 53.0 Å². The van der Waals surface area contributed by atoms with Crippen LogP contribution in [0.5, 0.6) is 11.5 Å². The van der Waals surface area contributed by atoms with E-state index in [1.165, 1.54) is 52.1 Å². The van der Waals surface area contributed by atoms with Crippen LogP contribution in [0.15, 0.2) is 23.8 Å². The highest BCUT2D eigenvalue weighted by atomic mass is 16.5. The molecule has 7 atom stereocenters. The molecule has 1 aromatic rings. The Bertz CT molecular complexity index is 1290. The number of aliphatic hydroxyl groups is 3. The van der Waals surface area contributed by atoms with Crippen LogP contribution in [0.3, 0.4) is 0 Å². The summed E-state index contributed by atoms with van der Waals surface area (Å²) in [5.74, 6) is 1.47. The molecule has 3 fully saturated rings. The number of aliphatic hydroxyl groups excluding tert-OH is 3. The summed E-state index contributed by atoms with van der Waals surface area (Å²) < 4.78 is 12.0. The van der Waals surface area contributed by atoms with Gasteiger partial charge in [0.2, 0.25) is 11.8 Å². The van der Waals surface area contributed by atoms with Gasteiger partial charge in [-0.1, -0.05) is 72.1 Å². The van der Waals surface area contributed by atoms with E-state index in [1.54, 1.807) is 18.2 Å². The second kappa shape index (κ2) is 16.4. The smallest absolute Gasteiger partial charge is 0.247 e. The highest BCUT2D eigenvalue weighted by Gasteiger charge is 2.56. The van der Waals surface area contributed by atoms with Crippen molar-refractivity contribution in [2.24, 2.45) is 23.2 Å². The Morgan fingerprint density at radius 3 is 2.38 bits per heavy atom. The highest BCUT2D eigenvalue weighted by molar-refractivity contribution is 5.96. The largest absolute Gasteiger partial charge is 0.493 e. The first kappa shape index (κ1) is 36.7. The fourth-order valence-corrected chi connectivity index (χ4v) is 9.17. The van der Waals surface area contributed by atoms with Crippen molar-refractivity contribution in [1.29, 1.82) is 0 Å². The number of benzene rings is 1. The van der Waals surface area contributed by atoms with Gasteiger partial charge in [-0.25, -0.2) is 0 Å². The second-order valence-electron chi connectivity index (χ2n) is 15.3. The molecule has 0 aromatic heterocycles. The van der Waals surface area contributed by atoms with Gasteiger partial charge in [0.05, 0.1) is 32.3 Å². The second-order valence-corrected chi connectivity index (χ2v) is 15.3. The Labute approximate surface area is 287 Å². The molecule has 9 nitrogen and oxygen atoms in total. The first-order chi connectivity index (χ1) is 23.2. The Balaban J connectivity index is 1.41. The fraction of sp³-hybridized carbons (Fsp3) is 0.744. The molecular weight excluding hydrogens is 608 g/mol. The number of hydrogen-bond acceptors (Lipinski definition) is 7. The number of unbranched alkanes of at least 4 members (excludes halogenated alkanes) is 8. The number of amides is 2. The quantitative estimate of drug-likeness (QED) is 0.149. The van der Waals surface area contributed by atoms with Gasteiger partial charge in [-0.05, 0) is 72.6 Å². The van der Waals surface area contributed by atoms with E-state index in [1.807, 2.05) is 4.90 Å². The van der Waals surface area contributed by atoms with Gasteiger partial charge in [-0.3, -0.25) is 9.59 Å². The number of ether oxygens (including phenoxy) is 2. The molecule has 0 saturated heterocycles. The summed E-state index contributed by atoms with van der Waals surface area (Å²) in [6, 6.07) is 2.75. The Hall–Kier alpha value is -2.62. The molecule has 3 saturated carbocycles. The van der Waals surface area contributed by atoms with Gasteiger partial charge < -0.3 is 35.0 Å². The van der Waals surface area contributed by atoms with Crippen LogP contribution in [-0.2, 0) is 16.2 Å². The van der Waals surface area contributed by atoms with Crippen LogP contribution in [0.4, 0.5) is 0 Å². The van der Waals surface area contributed by atoms with E-state index in [0.717, 1.165) is 38.0 Å². The molecule has 48 heavy (non-hydrogen) atoms. The predicted octanol–water partition coefficient (Wildman–Crippen LogP) is 5.63. The number of carbonyl (C=O) groups excluding carboxylic acids is 2. The summed E-state index contributed by atoms with van der Waals surface area (Å²) in [5.41, 5.74) is 1.91. The molecule has 0 spiro atoms. The van der Waals surface area contributed by atoms with Gasteiger partial charge in [0.25, 0.3) is 0 Å². The minimum Gasteiger partial charge on any atom is -0.493 e. The van der Waals surface area contributed by atoms with Crippen LogP contribution in [0.25, 0.3) is 0 Å². The maximum atomic E-state index is 14.3. The molecule has 0 unspecified atom stereocenters. The molecular formula is C39H60N2O7. The van der Waals surface area contributed by atoms with Crippen LogP contribution < -0.4 is 14.8 Å². The summed E-state index contributed by atoms with van der Waals surface area (Å²) in [4.78, 5) is 29.9. The third-order valence-corrected chi connectivity index (χ3v) is 12.1. The highest BCUT2D eigenvalue weighted by Crippen LogP contribution is 2.61. The molecule has 6 rings (SSSR count). The third-order valence-electron chi connectivity index (χ3n) is 12.1. The molecule has 9 heteroatoms. The molecule has 2 bridgehead atoms. The Morgan fingerprint density at radius 1 is 1.04 bits per heavy atom. The van der Waals surface area contributed by atoms with E-state index in [-0.39, 0.29) is 37.0 Å². The Kier molecular flexibility index (Phi) is 12.5. The molecule has 4 N–H and O–H groups in total. The molecule has 0 radical (unpaired) electrons. The van der Waals surface area contributed by atoms with Gasteiger partial charge >= 0.3 is 0 Å². The number of fused-ring (bicyclic) bond motifs is 5. The lowest BCUT2D eigenvalue weighted by molar-refractivity contribution is -0.146. The summed E-state index contributed by atoms with van der Waals surface area (Å²) in [7, 11) is 1.52. The minimum absolute atomic E-state index is 0.0155. The zero-order valence-electron chi connectivity index (χ0n) is 29.7. The van der Waals surface area contributed by atoms with Gasteiger partial charge in [-0.15, -0.1) is 0 Å². The first-order valence-electron chi connectivity index (χ1n) is 18.7. The van der Waals surface area contributed by atoms with Crippen molar-refractivity contribution in [2.75, 3.05) is 26.8 Å². The average Bonchev–Trinajstić information content (AvgIpc) is 3.48. The van der Waals surface area contributed by atoms with Gasteiger partial charge in [0, 0.05) is 30.6 Å². The minimum atomic E-state index is -1.09. The van der Waals surface area contributed by atoms with Crippen LogP contribution in [0.1, 0.15) is 121 Å². The maximum absolute atomic E-state index is 14.3. The molecule has 1 aromatic carbocycles. The maximum Gasteiger partial charge on any atom is 0.247 e. The van der Waals surface area contributed by atoms with Crippen LogP contribution >= 0.6 is 0 Å². The molecule has 4 aliphatic carbocycles. The van der Waals surface area contributed by atoms with Crippen LogP contribution in [0.2, 0.25) is 0 Å². The monoisotopic (exact) mass is 668 g/mol. The number of carbonyl (C=O) groups is 2. The first-order valence-corrected chi connectivity index (χ1v) is 18.7. The number of rotatable bonds is 18. The zero-order valence-corrected chi connectivity index (χ0v) is 29.7. The standard InChI is InChI=1S/C39H60N2O7/c1-5-6-7-8-9-10-11-12-13-14-33(44)41(23-26-15-16-27-21-30(26)39(27,2)3)31-22-29(38(46)40-17-18-42)34-28-19-25(24-43)20-32(47-4)36(28)48-37(34)35(31)45/h19-20,22,26-27,30-31,34-35,37,42-43,45H,5-18,21,23-24H2,1-4H3,(H,40,46)/t26-,27-,30-,31+,34-,35-,37-/m0/s1. The fourth-order valence-electron chi connectivity index (χ4n) is 9.17. The summed E-state index contributed by atoms with van der Waals surface area (Å²) in [6.07, 6.45) is 14.2. The third kappa shape index (κ3) is 7.58. The molecule has 268 valence electrons. The summed E-state index contributed by atoms with van der Waals surface area (Å²) in [5, 5.41) is 34.4. The van der Waals surface area contributed by atoms with Crippen molar-refractivity contribution in [1.82, 2.24) is 10.2 Å². The number of nitrogens with one attached hydrogen (secondary N) is 1. The predicted molar refractivity (Wildman–Crippen MR) is 186 cm³/mol. The normalized spacial score (nSPS) is 28.0. The lowest BCUT2D eigenvalue weighted by atomic mass is 9.45. The Morgan fingerprint density at radius 2 is 1.75 bits per heavy atom. The molecule has 1 aliphatic heterocycles. The van der Waals surface area contributed by atoms with Crippen molar-refractivity contribution < 1.29 is 34.4 Å². The molecule has 1 heterocycles. The number of hydrogen-bond donors (Lipinski definition) is 4. The van der Waals surface area contributed by atoms with Crippen molar-refractivity contribution in [2.45, 2.75) is 135 Å². The van der Waals surface area contributed by atoms with E-state index in [4.69, 9.17) is 9.47 Å². The number of methoxy groups -OCH3 is 1. The zero-order chi connectivity index (χ0) is 34.4. The van der Waals surface area contributed by atoms with E-state index >= 15 is 0 Å². The van der Waals surface area contributed by atoms with Crippen molar-refractivity contribution in [3.05, 3.63) is 34.9 Å². The van der Waals surface area contributed by atoms with Crippen molar-refractivity contribution >= 4 is 11.8 Å². The summed E-state index contributed by atoms with van der Waals surface area (Å²) in [6.45, 7) is 7.14. The topological polar surface area (TPSA) is 129 Å².